The fourth-order valence-electron chi connectivity index (χ4n) is 2.31. The SMILES string of the molecule is CCC(O)CN(C)CCN(C)CCN(C)CCN(C)CCN(C)C. The van der Waals surface area contributed by atoms with Gasteiger partial charge < -0.3 is 29.6 Å². The third-order valence-electron chi connectivity index (χ3n) is 4.51. The zero-order valence-electron chi connectivity index (χ0n) is 17.3. The van der Waals surface area contributed by atoms with Crippen molar-refractivity contribution < 1.29 is 5.11 Å². The quantitative estimate of drug-likeness (QED) is 0.452. The van der Waals surface area contributed by atoms with Gasteiger partial charge in [-0.05, 0) is 48.7 Å². The van der Waals surface area contributed by atoms with Crippen molar-refractivity contribution in [1.82, 2.24) is 24.5 Å². The number of aliphatic hydroxyl groups is 1. The molecular formula is C18H43N5O. The number of aliphatic hydroxyl groups excluding tert-OH is 1. The Bertz CT molecular complexity index is 291. The number of hydrogen-bond donors (Lipinski definition) is 1. The van der Waals surface area contributed by atoms with Crippen molar-refractivity contribution in [2.75, 3.05) is 101 Å². The molecule has 0 saturated heterocycles. The zero-order chi connectivity index (χ0) is 18.5. The lowest BCUT2D eigenvalue weighted by molar-refractivity contribution is 0.116. The summed E-state index contributed by atoms with van der Waals surface area (Å²) in [5.41, 5.74) is 0. The van der Waals surface area contributed by atoms with Crippen LogP contribution < -0.4 is 0 Å². The van der Waals surface area contributed by atoms with Crippen LogP contribution in [-0.4, -0.2) is 137 Å². The summed E-state index contributed by atoms with van der Waals surface area (Å²) in [6, 6.07) is 0. The van der Waals surface area contributed by atoms with Crippen molar-refractivity contribution in [2.45, 2.75) is 19.4 Å². The van der Waals surface area contributed by atoms with Crippen molar-refractivity contribution in [3.05, 3.63) is 0 Å². The monoisotopic (exact) mass is 345 g/mol. The Hall–Kier alpha value is -0.240. The Morgan fingerprint density at radius 1 is 0.583 bits per heavy atom. The molecule has 24 heavy (non-hydrogen) atoms. The van der Waals surface area contributed by atoms with Crippen molar-refractivity contribution >= 4 is 0 Å². The van der Waals surface area contributed by atoms with Gasteiger partial charge >= 0.3 is 0 Å². The second-order valence-electron chi connectivity index (χ2n) is 7.54. The Labute approximate surface area is 151 Å². The normalized spacial score (nSPS) is 13.9. The van der Waals surface area contributed by atoms with E-state index < -0.39 is 0 Å². The topological polar surface area (TPSA) is 36.4 Å². The van der Waals surface area contributed by atoms with Gasteiger partial charge in [0.05, 0.1) is 6.10 Å². The molecule has 0 amide bonds. The van der Waals surface area contributed by atoms with E-state index in [1.54, 1.807) is 0 Å². The van der Waals surface area contributed by atoms with Crippen LogP contribution in [0.25, 0.3) is 0 Å². The standard InChI is InChI=1S/C18H43N5O/c1-8-18(24)17-23(7)16-15-22(6)14-13-21(5)12-11-20(4)10-9-19(2)3/h18,24H,8-17H2,1-7H3. The molecule has 0 rings (SSSR count). The van der Waals surface area contributed by atoms with E-state index in [-0.39, 0.29) is 6.10 Å². The number of likely N-dealkylation sites (N-methyl/N-ethyl adjacent to an activating group) is 5. The summed E-state index contributed by atoms with van der Waals surface area (Å²) < 4.78 is 0. The molecule has 0 aliphatic carbocycles. The van der Waals surface area contributed by atoms with E-state index in [2.05, 4.69) is 66.8 Å². The average Bonchev–Trinajstić information content (AvgIpc) is 2.53. The van der Waals surface area contributed by atoms with Gasteiger partial charge in [0.2, 0.25) is 0 Å². The minimum absolute atomic E-state index is 0.198. The first kappa shape index (κ1) is 23.8. The number of nitrogens with zero attached hydrogens (tertiary/aromatic N) is 5. The Morgan fingerprint density at radius 2 is 0.917 bits per heavy atom. The molecule has 6 nitrogen and oxygen atoms in total. The molecule has 1 atom stereocenters. The molecule has 0 aromatic heterocycles. The van der Waals surface area contributed by atoms with E-state index in [0.717, 1.165) is 65.3 Å². The van der Waals surface area contributed by atoms with Gasteiger partial charge in [-0.25, -0.2) is 0 Å². The van der Waals surface area contributed by atoms with Gasteiger partial charge in [0.15, 0.2) is 0 Å². The van der Waals surface area contributed by atoms with Crippen molar-refractivity contribution in [2.24, 2.45) is 0 Å². The smallest absolute Gasteiger partial charge is 0.0664 e. The van der Waals surface area contributed by atoms with Gasteiger partial charge in [-0.3, -0.25) is 0 Å². The molecule has 0 aromatic rings. The van der Waals surface area contributed by atoms with E-state index in [1.807, 2.05) is 6.92 Å². The maximum absolute atomic E-state index is 9.67. The molecule has 0 fully saturated rings. The first-order chi connectivity index (χ1) is 11.2. The lowest BCUT2D eigenvalue weighted by atomic mass is 10.2. The summed E-state index contributed by atoms with van der Waals surface area (Å²) >= 11 is 0. The van der Waals surface area contributed by atoms with Crippen molar-refractivity contribution in [1.29, 1.82) is 0 Å². The highest BCUT2D eigenvalue weighted by molar-refractivity contribution is 4.64. The van der Waals surface area contributed by atoms with E-state index >= 15 is 0 Å². The highest BCUT2D eigenvalue weighted by Gasteiger charge is 2.08. The lowest BCUT2D eigenvalue weighted by Gasteiger charge is -2.26. The van der Waals surface area contributed by atoms with E-state index in [1.165, 1.54) is 0 Å². The predicted octanol–water partition coefficient (Wildman–Crippen LogP) is 0.0461. The van der Waals surface area contributed by atoms with Crippen LogP contribution in [0.15, 0.2) is 0 Å². The highest BCUT2D eigenvalue weighted by Crippen LogP contribution is 1.95. The second-order valence-corrected chi connectivity index (χ2v) is 7.54. The van der Waals surface area contributed by atoms with Gasteiger partial charge in [0.25, 0.3) is 0 Å². The maximum atomic E-state index is 9.67. The molecular weight excluding hydrogens is 302 g/mol. The summed E-state index contributed by atoms with van der Waals surface area (Å²) in [5, 5.41) is 9.67. The van der Waals surface area contributed by atoms with Gasteiger partial charge in [-0.2, -0.15) is 0 Å². The molecule has 1 unspecified atom stereocenters. The van der Waals surface area contributed by atoms with E-state index in [4.69, 9.17) is 0 Å². The Kier molecular flexibility index (Phi) is 13.8. The van der Waals surface area contributed by atoms with E-state index in [9.17, 15) is 5.11 Å². The third kappa shape index (κ3) is 14.1. The van der Waals surface area contributed by atoms with Crippen LogP contribution in [-0.2, 0) is 0 Å². The minimum Gasteiger partial charge on any atom is -0.392 e. The number of rotatable bonds is 15. The van der Waals surface area contributed by atoms with E-state index in [0.29, 0.717) is 0 Å². The Balaban J connectivity index is 3.72. The summed E-state index contributed by atoms with van der Waals surface area (Å²) in [6.07, 6.45) is 0.629. The van der Waals surface area contributed by atoms with Crippen LogP contribution >= 0.6 is 0 Å². The molecule has 1 N–H and O–H groups in total. The van der Waals surface area contributed by atoms with Gasteiger partial charge in [0.1, 0.15) is 0 Å². The van der Waals surface area contributed by atoms with Gasteiger partial charge in [-0.15, -0.1) is 0 Å². The lowest BCUT2D eigenvalue weighted by Crippen LogP contribution is -2.39. The summed E-state index contributed by atoms with van der Waals surface area (Å²) in [4.78, 5) is 11.6. The first-order valence-electron chi connectivity index (χ1n) is 9.31. The fourth-order valence-corrected chi connectivity index (χ4v) is 2.31. The molecule has 0 aromatic carbocycles. The van der Waals surface area contributed by atoms with Gasteiger partial charge in [0, 0.05) is 58.9 Å². The summed E-state index contributed by atoms with van der Waals surface area (Å²) in [5.74, 6) is 0. The van der Waals surface area contributed by atoms with Crippen LogP contribution in [0.2, 0.25) is 0 Å². The molecule has 0 bridgehead atoms. The molecule has 0 heterocycles. The molecule has 0 radical (unpaired) electrons. The molecule has 0 aliphatic heterocycles. The molecule has 146 valence electrons. The average molecular weight is 346 g/mol. The molecule has 0 spiro atoms. The minimum atomic E-state index is -0.198. The maximum Gasteiger partial charge on any atom is 0.0664 e. The molecule has 0 aliphatic rings. The Morgan fingerprint density at radius 3 is 1.25 bits per heavy atom. The largest absolute Gasteiger partial charge is 0.392 e. The third-order valence-corrected chi connectivity index (χ3v) is 4.51. The van der Waals surface area contributed by atoms with Crippen LogP contribution in [0.5, 0.6) is 0 Å². The first-order valence-corrected chi connectivity index (χ1v) is 9.31. The number of hydrogen-bond acceptors (Lipinski definition) is 6. The molecule has 0 saturated carbocycles. The van der Waals surface area contributed by atoms with Crippen LogP contribution in [0, 0.1) is 0 Å². The van der Waals surface area contributed by atoms with Crippen LogP contribution in [0.4, 0.5) is 0 Å². The van der Waals surface area contributed by atoms with Gasteiger partial charge in [-0.1, -0.05) is 6.92 Å². The predicted molar refractivity (Wildman–Crippen MR) is 105 cm³/mol. The highest BCUT2D eigenvalue weighted by atomic mass is 16.3. The summed E-state index contributed by atoms with van der Waals surface area (Å²) in [6.45, 7) is 11.5. The van der Waals surface area contributed by atoms with Crippen LogP contribution in [0.3, 0.4) is 0 Å². The fraction of sp³-hybridized carbons (Fsp3) is 1.00. The second kappa shape index (κ2) is 14.0. The zero-order valence-corrected chi connectivity index (χ0v) is 17.3. The summed E-state index contributed by atoms with van der Waals surface area (Å²) in [7, 11) is 12.9. The van der Waals surface area contributed by atoms with Crippen molar-refractivity contribution in [3.8, 4) is 0 Å². The molecule has 6 heteroatoms. The van der Waals surface area contributed by atoms with Crippen LogP contribution in [0.1, 0.15) is 13.3 Å². The van der Waals surface area contributed by atoms with Crippen molar-refractivity contribution in [3.63, 3.8) is 0 Å².